The van der Waals surface area contributed by atoms with Gasteiger partial charge in [0.25, 0.3) is 10.2 Å². The van der Waals surface area contributed by atoms with Crippen molar-refractivity contribution in [2.24, 2.45) is 11.8 Å². The largest absolute Gasteiger partial charge is 0.379 e. The molecular formula is C28H44ClN5O7S. The van der Waals surface area contributed by atoms with Gasteiger partial charge >= 0.3 is 0 Å². The van der Waals surface area contributed by atoms with Crippen LogP contribution in [-0.4, -0.2) is 81.1 Å². The van der Waals surface area contributed by atoms with E-state index >= 15 is 0 Å². The average molecular weight is 630 g/mol. The van der Waals surface area contributed by atoms with Crippen LogP contribution < -0.4 is 20.8 Å². The lowest BCUT2D eigenvalue weighted by Gasteiger charge is -2.28. The van der Waals surface area contributed by atoms with Gasteiger partial charge in [0.2, 0.25) is 17.7 Å². The fourth-order valence-electron chi connectivity index (χ4n) is 5.44. The van der Waals surface area contributed by atoms with Crippen molar-refractivity contribution >= 4 is 39.5 Å². The highest BCUT2D eigenvalue weighted by Gasteiger charge is 2.30. The van der Waals surface area contributed by atoms with Crippen molar-refractivity contribution in [1.82, 2.24) is 25.1 Å². The number of rotatable bonds is 16. The summed E-state index contributed by atoms with van der Waals surface area (Å²) in [5.74, 6) is -1.97. The number of benzene rings is 1. The van der Waals surface area contributed by atoms with Crippen molar-refractivity contribution in [3.05, 3.63) is 34.9 Å². The molecule has 2 atom stereocenters. The maximum atomic E-state index is 13.4. The topological polar surface area (TPSA) is 166 Å². The molecule has 1 aliphatic heterocycles. The first kappa shape index (κ1) is 34.2. The Balaban J connectivity index is 1.58. The van der Waals surface area contributed by atoms with Gasteiger partial charge in [-0.15, -0.1) is 0 Å². The Morgan fingerprint density at radius 1 is 1.02 bits per heavy atom. The molecule has 1 saturated carbocycles. The lowest BCUT2D eigenvalue weighted by molar-refractivity contribution is -0.136. The number of nitrogens with zero attached hydrogens (tertiary/aromatic N) is 1. The molecule has 0 unspecified atom stereocenters. The zero-order chi connectivity index (χ0) is 30.4. The van der Waals surface area contributed by atoms with Crippen LogP contribution in [-0.2, 0) is 35.8 Å². The Morgan fingerprint density at radius 2 is 1.71 bits per heavy atom. The first-order valence-electron chi connectivity index (χ1n) is 14.8. The molecule has 236 valence electrons. The van der Waals surface area contributed by atoms with E-state index in [-0.39, 0.29) is 38.5 Å². The monoisotopic (exact) mass is 629 g/mol. The van der Waals surface area contributed by atoms with Crippen LogP contribution in [0.3, 0.4) is 0 Å². The van der Waals surface area contributed by atoms with Crippen molar-refractivity contribution in [2.45, 2.75) is 70.3 Å². The van der Waals surface area contributed by atoms with E-state index in [0.29, 0.717) is 43.9 Å². The summed E-state index contributed by atoms with van der Waals surface area (Å²) in [6, 6.07) is 6.57. The number of hydroxylamine groups is 1. The number of nitrogens with one attached hydrogen (secondary N) is 4. The molecule has 1 heterocycles. The van der Waals surface area contributed by atoms with E-state index in [1.165, 1.54) is 4.31 Å². The lowest BCUT2D eigenvalue weighted by Crippen LogP contribution is -2.52. The van der Waals surface area contributed by atoms with Crippen LogP contribution >= 0.6 is 11.6 Å². The number of carbonyl (C=O) groups excluding carboxylic acids is 3. The molecule has 3 amide bonds. The summed E-state index contributed by atoms with van der Waals surface area (Å²) in [6.45, 7) is 1.26. The van der Waals surface area contributed by atoms with E-state index in [9.17, 15) is 22.8 Å². The van der Waals surface area contributed by atoms with Gasteiger partial charge in [-0.2, -0.15) is 12.7 Å². The minimum atomic E-state index is -3.68. The Labute approximate surface area is 253 Å². The summed E-state index contributed by atoms with van der Waals surface area (Å²) in [5, 5.41) is 15.3. The normalized spacial score (nSPS) is 18.1. The van der Waals surface area contributed by atoms with Gasteiger partial charge in [0.15, 0.2) is 0 Å². The SMILES string of the molecule is O=C(C[C@@H](CCCc1ccc(Cl)cc1)C(=O)N[C@@H](CC1CCCCC1)C(=O)NCCNS(=O)(=O)N1CCOCC1)NO. The number of halogens is 1. The van der Waals surface area contributed by atoms with Crippen LogP contribution in [0.4, 0.5) is 0 Å². The Kier molecular flexibility index (Phi) is 14.4. The second-order valence-corrected chi connectivity index (χ2v) is 13.1. The molecule has 0 spiro atoms. The van der Waals surface area contributed by atoms with Gasteiger partial charge < -0.3 is 15.4 Å². The molecule has 1 aromatic rings. The van der Waals surface area contributed by atoms with Gasteiger partial charge in [-0.3, -0.25) is 19.6 Å². The minimum Gasteiger partial charge on any atom is -0.379 e. The quantitative estimate of drug-likeness (QED) is 0.106. The average Bonchev–Trinajstić information content (AvgIpc) is 3.00. The summed E-state index contributed by atoms with van der Waals surface area (Å²) >= 11 is 5.96. The van der Waals surface area contributed by atoms with Gasteiger partial charge in [-0.1, -0.05) is 55.8 Å². The Morgan fingerprint density at radius 3 is 2.38 bits per heavy atom. The number of morpholine rings is 1. The molecule has 3 rings (SSSR count). The third kappa shape index (κ3) is 11.8. The number of aryl methyl sites for hydroxylation is 1. The Bertz CT molecular complexity index is 1110. The lowest BCUT2D eigenvalue weighted by atomic mass is 9.84. The van der Waals surface area contributed by atoms with Crippen molar-refractivity contribution in [3.8, 4) is 0 Å². The molecule has 5 N–H and O–H groups in total. The molecule has 0 radical (unpaired) electrons. The smallest absolute Gasteiger partial charge is 0.279 e. The standard InChI is InChI=1S/C28H44ClN5O7S/c29-24-11-9-21(10-12-24)7-4-8-23(20-26(35)33-38)27(36)32-25(19-22-5-2-1-3-6-22)28(37)30-13-14-31-42(39,40)34-15-17-41-18-16-34/h9-12,22-23,25,31,38H,1-8,13-20H2,(H,30,37)(H,32,36)(H,33,35)/t23-,25+/m1/s1. The second kappa shape index (κ2) is 17.7. The van der Waals surface area contributed by atoms with Crippen LogP contribution in [0.1, 0.15) is 63.4 Å². The van der Waals surface area contributed by atoms with E-state index in [1.807, 2.05) is 12.1 Å². The molecule has 0 aromatic heterocycles. The minimum absolute atomic E-state index is 0.000476. The molecule has 14 heteroatoms. The molecule has 42 heavy (non-hydrogen) atoms. The van der Waals surface area contributed by atoms with Crippen molar-refractivity contribution in [2.75, 3.05) is 39.4 Å². The third-order valence-electron chi connectivity index (χ3n) is 7.80. The fourth-order valence-corrected chi connectivity index (χ4v) is 6.74. The predicted octanol–water partition coefficient (Wildman–Crippen LogP) is 1.91. The first-order valence-corrected chi connectivity index (χ1v) is 16.6. The van der Waals surface area contributed by atoms with Gasteiger partial charge in [-0.25, -0.2) is 10.2 Å². The van der Waals surface area contributed by atoms with Gasteiger partial charge in [0.05, 0.1) is 13.2 Å². The number of ether oxygens (including phenoxy) is 1. The van der Waals surface area contributed by atoms with E-state index in [4.69, 9.17) is 21.5 Å². The van der Waals surface area contributed by atoms with Crippen LogP contribution in [0.25, 0.3) is 0 Å². The molecule has 1 aromatic carbocycles. The number of hydrogen-bond donors (Lipinski definition) is 5. The highest BCUT2D eigenvalue weighted by Crippen LogP contribution is 2.28. The van der Waals surface area contributed by atoms with Gasteiger partial charge in [0.1, 0.15) is 6.04 Å². The van der Waals surface area contributed by atoms with E-state index < -0.39 is 39.9 Å². The predicted molar refractivity (Wildman–Crippen MR) is 158 cm³/mol. The highest BCUT2D eigenvalue weighted by atomic mass is 35.5. The van der Waals surface area contributed by atoms with Crippen molar-refractivity contribution in [3.63, 3.8) is 0 Å². The zero-order valence-electron chi connectivity index (χ0n) is 24.0. The maximum absolute atomic E-state index is 13.4. The highest BCUT2D eigenvalue weighted by molar-refractivity contribution is 7.87. The molecule has 12 nitrogen and oxygen atoms in total. The van der Waals surface area contributed by atoms with E-state index in [2.05, 4.69) is 15.4 Å². The summed E-state index contributed by atoms with van der Waals surface area (Å²) in [6.07, 6.45) is 7.13. The fraction of sp³-hybridized carbons (Fsp3) is 0.679. The number of hydrogen-bond acceptors (Lipinski definition) is 7. The Hall–Kier alpha value is -2.29. The zero-order valence-corrected chi connectivity index (χ0v) is 25.6. The molecule has 0 bridgehead atoms. The van der Waals surface area contributed by atoms with Crippen LogP contribution in [0.2, 0.25) is 5.02 Å². The second-order valence-electron chi connectivity index (χ2n) is 11.0. The van der Waals surface area contributed by atoms with Crippen LogP contribution in [0.5, 0.6) is 0 Å². The maximum Gasteiger partial charge on any atom is 0.279 e. The summed E-state index contributed by atoms with van der Waals surface area (Å²) in [7, 11) is -3.68. The van der Waals surface area contributed by atoms with Gasteiger partial charge in [0, 0.05) is 43.5 Å². The summed E-state index contributed by atoms with van der Waals surface area (Å²) in [5.41, 5.74) is 2.64. The van der Waals surface area contributed by atoms with Crippen LogP contribution in [0, 0.1) is 11.8 Å². The third-order valence-corrected chi connectivity index (χ3v) is 9.67. The first-order chi connectivity index (χ1) is 20.2. The van der Waals surface area contributed by atoms with Crippen LogP contribution in [0.15, 0.2) is 24.3 Å². The van der Waals surface area contributed by atoms with E-state index in [0.717, 1.165) is 37.7 Å². The molecular weight excluding hydrogens is 586 g/mol. The molecule has 2 aliphatic rings. The molecule has 2 fully saturated rings. The van der Waals surface area contributed by atoms with Gasteiger partial charge in [-0.05, 0) is 49.3 Å². The van der Waals surface area contributed by atoms with Crippen molar-refractivity contribution < 1.29 is 32.7 Å². The number of amides is 3. The molecule has 1 saturated heterocycles. The number of carbonyl (C=O) groups is 3. The summed E-state index contributed by atoms with van der Waals surface area (Å²) in [4.78, 5) is 38.6. The van der Waals surface area contributed by atoms with E-state index in [1.54, 1.807) is 17.6 Å². The van der Waals surface area contributed by atoms with Crippen molar-refractivity contribution in [1.29, 1.82) is 0 Å². The summed E-state index contributed by atoms with van der Waals surface area (Å²) < 4.78 is 34.0. The molecule has 1 aliphatic carbocycles.